The fraction of sp³-hybridized carbons (Fsp3) is 0.333. The zero-order valence-electron chi connectivity index (χ0n) is 11.5. The standard InChI is InChI=1S/C13H16N2.C2H6/c1-5-15-13(11(4)10(2)3)12-7-6-8-14-9-12;1-2/h5-9H,2H2,1,3-4H3;1-2H3/b13-11-,15-5?;. The van der Waals surface area contributed by atoms with Crippen molar-refractivity contribution < 1.29 is 0 Å². The van der Waals surface area contributed by atoms with Gasteiger partial charge in [0, 0.05) is 24.2 Å². The Kier molecular flexibility index (Phi) is 7.61. The van der Waals surface area contributed by atoms with Crippen molar-refractivity contribution >= 4 is 11.9 Å². The molecule has 1 aromatic rings. The molecule has 0 atom stereocenters. The Morgan fingerprint density at radius 2 is 2.00 bits per heavy atom. The normalized spacial score (nSPS) is 11.6. The monoisotopic (exact) mass is 230 g/mol. The van der Waals surface area contributed by atoms with E-state index < -0.39 is 0 Å². The summed E-state index contributed by atoms with van der Waals surface area (Å²) in [5.74, 6) is 0. The number of hydrogen-bond donors (Lipinski definition) is 0. The second-order valence-electron chi connectivity index (χ2n) is 3.38. The molecule has 0 saturated heterocycles. The van der Waals surface area contributed by atoms with Gasteiger partial charge in [0.15, 0.2) is 0 Å². The summed E-state index contributed by atoms with van der Waals surface area (Å²) in [6, 6.07) is 3.91. The maximum atomic E-state index is 4.37. The summed E-state index contributed by atoms with van der Waals surface area (Å²) in [5, 5.41) is 0. The molecule has 2 nitrogen and oxygen atoms in total. The minimum Gasteiger partial charge on any atom is -0.264 e. The molecule has 0 bridgehead atoms. The molecule has 0 spiro atoms. The molecule has 0 fully saturated rings. The van der Waals surface area contributed by atoms with Crippen LogP contribution in [-0.2, 0) is 0 Å². The predicted molar refractivity (Wildman–Crippen MR) is 77.2 cm³/mol. The maximum absolute atomic E-state index is 4.37. The molecule has 2 heteroatoms. The molecule has 0 unspecified atom stereocenters. The molecule has 0 aliphatic heterocycles. The summed E-state index contributed by atoms with van der Waals surface area (Å²) in [5.41, 5.74) is 4.09. The number of allylic oxidation sites excluding steroid dienone is 2. The Morgan fingerprint density at radius 3 is 2.41 bits per heavy atom. The summed E-state index contributed by atoms with van der Waals surface area (Å²) in [6.45, 7) is 13.8. The van der Waals surface area contributed by atoms with E-state index in [-0.39, 0.29) is 0 Å². The number of aliphatic imine (C=N–C) groups is 1. The Hall–Kier alpha value is -1.70. The van der Waals surface area contributed by atoms with Crippen molar-refractivity contribution in [3.05, 3.63) is 47.8 Å². The first kappa shape index (κ1) is 15.3. The average molecular weight is 230 g/mol. The molecule has 1 heterocycles. The van der Waals surface area contributed by atoms with Gasteiger partial charge in [-0.05, 0) is 38.5 Å². The van der Waals surface area contributed by atoms with Crippen LogP contribution in [0.25, 0.3) is 5.70 Å². The van der Waals surface area contributed by atoms with E-state index >= 15 is 0 Å². The largest absolute Gasteiger partial charge is 0.264 e. The van der Waals surface area contributed by atoms with Gasteiger partial charge >= 0.3 is 0 Å². The molecule has 92 valence electrons. The van der Waals surface area contributed by atoms with Gasteiger partial charge in [0.25, 0.3) is 0 Å². The molecule has 0 N–H and O–H groups in total. The topological polar surface area (TPSA) is 25.2 Å². The third-order valence-electron chi connectivity index (χ3n) is 2.19. The number of rotatable bonds is 3. The van der Waals surface area contributed by atoms with Gasteiger partial charge in [-0.3, -0.25) is 9.98 Å². The molecule has 17 heavy (non-hydrogen) atoms. The fourth-order valence-electron chi connectivity index (χ4n) is 1.22. The van der Waals surface area contributed by atoms with E-state index in [2.05, 4.69) is 16.6 Å². The third kappa shape index (κ3) is 4.77. The van der Waals surface area contributed by atoms with Crippen molar-refractivity contribution in [1.29, 1.82) is 0 Å². The highest BCUT2D eigenvalue weighted by molar-refractivity contribution is 5.76. The SMILES string of the molecule is C=C(C)/C(C)=C(\N=CC)c1cccnc1.CC. The van der Waals surface area contributed by atoms with Crippen LogP contribution < -0.4 is 0 Å². The van der Waals surface area contributed by atoms with Crippen LogP contribution in [0.5, 0.6) is 0 Å². The number of hydrogen-bond acceptors (Lipinski definition) is 2. The van der Waals surface area contributed by atoms with Crippen LogP contribution in [-0.4, -0.2) is 11.2 Å². The van der Waals surface area contributed by atoms with E-state index in [4.69, 9.17) is 0 Å². The Morgan fingerprint density at radius 1 is 1.35 bits per heavy atom. The Bertz CT molecular complexity index is 400. The second-order valence-corrected chi connectivity index (χ2v) is 3.38. The summed E-state index contributed by atoms with van der Waals surface area (Å²) < 4.78 is 0. The van der Waals surface area contributed by atoms with E-state index in [1.54, 1.807) is 12.4 Å². The van der Waals surface area contributed by atoms with Crippen molar-refractivity contribution in [3.63, 3.8) is 0 Å². The maximum Gasteiger partial charge on any atom is 0.0744 e. The lowest BCUT2D eigenvalue weighted by Crippen LogP contribution is -1.89. The molecule has 0 aromatic carbocycles. The second kappa shape index (κ2) is 8.45. The molecule has 0 aliphatic carbocycles. The zero-order chi connectivity index (χ0) is 13.3. The lowest BCUT2D eigenvalue weighted by atomic mass is 10.0. The van der Waals surface area contributed by atoms with Crippen molar-refractivity contribution in [3.8, 4) is 0 Å². The van der Waals surface area contributed by atoms with Crippen LogP contribution in [0.1, 0.15) is 40.2 Å². The van der Waals surface area contributed by atoms with Crippen molar-refractivity contribution in [1.82, 2.24) is 4.98 Å². The molecular weight excluding hydrogens is 208 g/mol. The molecule has 0 amide bonds. The van der Waals surface area contributed by atoms with E-state index in [1.165, 1.54) is 0 Å². The highest BCUT2D eigenvalue weighted by atomic mass is 14.7. The Balaban J connectivity index is 0.00000121. The highest BCUT2D eigenvalue weighted by Gasteiger charge is 2.04. The molecule has 0 aliphatic rings. The summed E-state index contributed by atoms with van der Waals surface area (Å²) in [7, 11) is 0. The summed E-state index contributed by atoms with van der Waals surface area (Å²) in [4.78, 5) is 8.46. The van der Waals surface area contributed by atoms with E-state index in [1.807, 2.05) is 52.9 Å². The van der Waals surface area contributed by atoms with Crippen LogP contribution in [0.2, 0.25) is 0 Å². The van der Waals surface area contributed by atoms with Gasteiger partial charge in [-0.1, -0.05) is 26.0 Å². The van der Waals surface area contributed by atoms with E-state index in [0.717, 1.165) is 22.4 Å². The van der Waals surface area contributed by atoms with Crippen LogP contribution in [0.3, 0.4) is 0 Å². The molecule has 1 aromatic heterocycles. The first-order valence-corrected chi connectivity index (χ1v) is 5.92. The van der Waals surface area contributed by atoms with E-state index in [9.17, 15) is 0 Å². The van der Waals surface area contributed by atoms with Gasteiger partial charge in [-0.2, -0.15) is 0 Å². The first-order valence-electron chi connectivity index (χ1n) is 5.92. The van der Waals surface area contributed by atoms with Crippen LogP contribution in [0.15, 0.2) is 47.2 Å². The van der Waals surface area contributed by atoms with Gasteiger partial charge in [0.1, 0.15) is 0 Å². The van der Waals surface area contributed by atoms with Gasteiger partial charge < -0.3 is 0 Å². The van der Waals surface area contributed by atoms with Gasteiger partial charge in [0.05, 0.1) is 5.70 Å². The van der Waals surface area contributed by atoms with Gasteiger partial charge in [-0.25, -0.2) is 0 Å². The van der Waals surface area contributed by atoms with E-state index in [0.29, 0.717) is 0 Å². The minimum absolute atomic E-state index is 0.943. The Labute approximate surface area is 105 Å². The van der Waals surface area contributed by atoms with Gasteiger partial charge in [-0.15, -0.1) is 0 Å². The number of aromatic nitrogens is 1. The molecule has 0 saturated carbocycles. The molecule has 0 radical (unpaired) electrons. The quantitative estimate of drug-likeness (QED) is 0.554. The molecular formula is C15H22N2. The number of nitrogens with zero attached hydrogens (tertiary/aromatic N) is 2. The minimum atomic E-state index is 0.943. The van der Waals surface area contributed by atoms with Gasteiger partial charge in [0.2, 0.25) is 0 Å². The van der Waals surface area contributed by atoms with Crippen LogP contribution >= 0.6 is 0 Å². The smallest absolute Gasteiger partial charge is 0.0744 e. The molecule has 1 rings (SSSR count). The highest BCUT2D eigenvalue weighted by Crippen LogP contribution is 2.22. The lowest BCUT2D eigenvalue weighted by molar-refractivity contribution is 1.27. The van der Waals surface area contributed by atoms with Crippen molar-refractivity contribution in [2.75, 3.05) is 0 Å². The lowest BCUT2D eigenvalue weighted by Gasteiger charge is -2.07. The summed E-state index contributed by atoms with van der Waals surface area (Å²) >= 11 is 0. The number of pyridine rings is 1. The average Bonchev–Trinajstić information content (AvgIpc) is 2.38. The third-order valence-corrected chi connectivity index (χ3v) is 2.19. The van der Waals surface area contributed by atoms with Crippen LogP contribution in [0, 0.1) is 0 Å². The predicted octanol–water partition coefficient (Wildman–Crippen LogP) is 4.51. The van der Waals surface area contributed by atoms with Crippen molar-refractivity contribution in [2.45, 2.75) is 34.6 Å². The fourth-order valence-corrected chi connectivity index (χ4v) is 1.22. The van der Waals surface area contributed by atoms with Crippen LogP contribution in [0.4, 0.5) is 0 Å². The summed E-state index contributed by atoms with van der Waals surface area (Å²) in [6.07, 6.45) is 5.36. The van der Waals surface area contributed by atoms with Crippen molar-refractivity contribution in [2.24, 2.45) is 4.99 Å². The zero-order valence-corrected chi connectivity index (χ0v) is 11.5. The first-order chi connectivity index (χ1) is 8.16.